The molecule has 1 aliphatic rings. The average molecular weight is 221 g/mol. The first kappa shape index (κ1) is 11.3. The summed E-state index contributed by atoms with van der Waals surface area (Å²) >= 11 is 0. The van der Waals surface area contributed by atoms with Gasteiger partial charge < -0.3 is 14.8 Å². The SMILES string of the molecule is CCCOc1cc(C)ccc1NC1COC1. The van der Waals surface area contributed by atoms with E-state index in [-0.39, 0.29) is 0 Å². The fourth-order valence-corrected chi connectivity index (χ4v) is 1.62. The highest BCUT2D eigenvalue weighted by molar-refractivity contribution is 5.58. The summed E-state index contributed by atoms with van der Waals surface area (Å²) in [4.78, 5) is 0. The molecule has 2 rings (SSSR count). The molecule has 1 heterocycles. The van der Waals surface area contributed by atoms with Gasteiger partial charge in [0.2, 0.25) is 0 Å². The quantitative estimate of drug-likeness (QED) is 0.829. The predicted octanol–water partition coefficient (Wildman–Crippen LogP) is 2.59. The Hall–Kier alpha value is -1.22. The molecule has 1 aromatic carbocycles. The lowest BCUT2D eigenvalue weighted by molar-refractivity contribution is 0.0210. The maximum absolute atomic E-state index is 5.73. The zero-order valence-corrected chi connectivity index (χ0v) is 9.95. The predicted molar refractivity (Wildman–Crippen MR) is 65.2 cm³/mol. The normalized spacial score (nSPS) is 15.6. The van der Waals surface area contributed by atoms with Crippen LogP contribution >= 0.6 is 0 Å². The summed E-state index contributed by atoms with van der Waals surface area (Å²) in [6.07, 6.45) is 1.03. The molecule has 0 amide bonds. The van der Waals surface area contributed by atoms with Crippen molar-refractivity contribution in [1.82, 2.24) is 0 Å². The van der Waals surface area contributed by atoms with Gasteiger partial charge in [-0.25, -0.2) is 0 Å². The molecule has 0 radical (unpaired) electrons. The minimum absolute atomic E-state index is 0.437. The van der Waals surface area contributed by atoms with E-state index >= 15 is 0 Å². The number of rotatable bonds is 5. The fourth-order valence-electron chi connectivity index (χ4n) is 1.62. The van der Waals surface area contributed by atoms with Gasteiger partial charge in [0, 0.05) is 0 Å². The Morgan fingerprint density at radius 3 is 2.88 bits per heavy atom. The number of hydrogen-bond donors (Lipinski definition) is 1. The van der Waals surface area contributed by atoms with Crippen molar-refractivity contribution in [3.05, 3.63) is 23.8 Å². The number of ether oxygens (including phenoxy) is 2. The van der Waals surface area contributed by atoms with Crippen LogP contribution in [0.25, 0.3) is 0 Å². The lowest BCUT2D eigenvalue weighted by Gasteiger charge is -2.28. The maximum Gasteiger partial charge on any atom is 0.142 e. The largest absolute Gasteiger partial charge is 0.491 e. The highest BCUT2D eigenvalue weighted by Gasteiger charge is 2.19. The van der Waals surface area contributed by atoms with Gasteiger partial charge in [-0.05, 0) is 31.0 Å². The molecule has 0 bridgehead atoms. The summed E-state index contributed by atoms with van der Waals surface area (Å²) in [5.41, 5.74) is 2.30. The number of hydrogen-bond acceptors (Lipinski definition) is 3. The topological polar surface area (TPSA) is 30.5 Å². The second-order valence-electron chi connectivity index (χ2n) is 4.23. The second-order valence-corrected chi connectivity index (χ2v) is 4.23. The standard InChI is InChI=1S/C13H19NO2/c1-3-6-16-13-7-10(2)4-5-12(13)14-11-8-15-9-11/h4-5,7,11,14H,3,6,8-9H2,1-2H3. The Morgan fingerprint density at radius 2 is 2.25 bits per heavy atom. The molecule has 0 aliphatic carbocycles. The Bertz CT molecular complexity index is 348. The van der Waals surface area contributed by atoms with Crippen molar-refractivity contribution in [2.24, 2.45) is 0 Å². The lowest BCUT2D eigenvalue weighted by Crippen LogP contribution is -2.40. The molecule has 3 heteroatoms. The third kappa shape index (κ3) is 2.67. The summed E-state index contributed by atoms with van der Waals surface area (Å²) in [6.45, 7) is 6.54. The zero-order valence-electron chi connectivity index (χ0n) is 9.95. The molecule has 1 aromatic rings. The van der Waals surface area contributed by atoms with E-state index < -0.39 is 0 Å². The third-order valence-electron chi connectivity index (χ3n) is 2.60. The smallest absolute Gasteiger partial charge is 0.142 e. The van der Waals surface area contributed by atoms with E-state index in [2.05, 4.69) is 37.4 Å². The van der Waals surface area contributed by atoms with Crippen molar-refractivity contribution in [2.45, 2.75) is 26.3 Å². The highest BCUT2D eigenvalue weighted by Crippen LogP contribution is 2.27. The van der Waals surface area contributed by atoms with Crippen LogP contribution in [0.5, 0.6) is 5.75 Å². The van der Waals surface area contributed by atoms with Gasteiger partial charge in [0.15, 0.2) is 0 Å². The number of benzene rings is 1. The van der Waals surface area contributed by atoms with Crippen LogP contribution in [-0.2, 0) is 4.74 Å². The van der Waals surface area contributed by atoms with Gasteiger partial charge in [-0.2, -0.15) is 0 Å². The Labute approximate surface area is 96.8 Å². The maximum atomic E-state index is 5.73. The minimum atomic E-state index is 0.437. The van der Waals surface area contributed by atoms with Gasteiger partial charge in [-0.3, -0.25) is 0 Å². The van der Waals surface area contributed by atoms with Gasteiger partial charge in [0.1, 0.15) is 5.75 Å². The Balaban J connectivity index is 2.07. The van der Waals surface area contributed by atoms with Crippen LogP contribution in [-0.4, -0.2) is 25.9 Å². The van der Waals surface area contributed by atoms with Crippen LogP contribution in [0.2, 0.25) is 0 Å². The van der Waals surface area contributed by atoms with Crippen LogP contribution in [0.3, 0.4) is 0 Å². The van der Waals surface area contributed by atoms with Gasteiger partial charge in [0.05, 0.1) is 31.5 Å². The molecule has 0 spiro atoms. The van der Waals surface area contributed by atoms with Crippen molar-refractivity contribution < 1.29 is 9.47 Å². The molecule has 0 atom stereocenters. The number of nitrogens with one attached hydrogen (secondary N) is 1. The van der Waals surface area contributed by atoms with Gasteiger partial charge in [-0.15, -0.1) is 0 Å². The fraction of sp³-hybridized carbons (Fsp3) is 0.538. The van der Waals surface area contributed by atoms with Gasteiger partial charge in [-0.1, -0.05) is 13.0 Å². The molecular formula is C13H19NO2. The van der Waals surface area contributed by atoms with E-state index in [0.29, 0.717) is 6.04 Å². The molecule has 0 saturated carbocycles. The monoisotopic (exact) mass is 221 g/mol. The lowest BCUT2D eigenvalue weighted by atomic mass is 10.2. The molecule has 16 heavy (non-hydrogen) atoms. The van der Waals surface area contributed by atoms with Gasteiger partial charge in [0.25, 0.3) is 0 Å². The van der Waals surface area contributed by atoms with E-state index in [4.69, 9.17) is 9.47 Å². The summed E-state index contributed by atoms with van der Waals surface area (Å²) in [7, 11) is 0. The molecule has 1 fully saturated rings. The Kier molecular flexibility index (Phi) is 3.67. The third-order valence-corrected chi connectivity index (χ3v) is 2.60. The number of aryl methyl sites for hydroxylation is 1. The number of anilines is 1. The van der Waals surface area contributed by atoms with Crippen molar-refractivity contribution in [1.29, 1.82) is 0 Å². The first-order chi connectivity index (χ1) is 7.79. The summed E-state index contributed by atoms with van der Waals surface area (Å²) < 4.78 is 10.9. The van der Waals surface area contributed by atoms with Crippen molar-refractivity contribution >= 4 is 5.69 Å². The summed E-state index contributed by atoms with van der Waals surface area (Å²) in [5.74, 6) is 0.953. The Morgan fingerprint density at radius 1 is 1.44 bits per heavy atom. The van der Waals surface area contributed by atoms with Crippen LogP contribution in [0, 0.1) is 6.92 Å². The van der Waals surface area contributed by atoms with E-state index in [0.717, 1.165) is 37.7 Å². The highest BCUT2D eigenvalue weighted by atomic mass is 16.5. The van der Waals surface area contributed by atoms with Gasteiger partial charge >= 0.3 is 0 Å². The van der Waals surface area contributed by atoms with E-state index in [1.54, 1.807) is 0 Å². The molecular weight excluding hydrogens is 202 g/mol. The zero-order chi connectivity index (χ0) is 11.4. The summed E-state index contributed by atoms with van der Waals surface area (Å²) in [6, 6.07) is 6.70. The van der Waals surface area contributed by atoms with Crippen LogP contribution < -0.4 is 10.1 Å². The van der Waals surface area contributed by atoms with E-state index in [1.807, 2.05) is 0 Å². The molecule has 0 aromatic heterocycles. The van der Waals surface area contributed by atoms with Crippen molar-refractivity contribution in [3.8, 4) is 5.75 Å². The van der Waals surface area contributed by atoms with Crippen molar-refractivity contribution in [3.63, 3.8) is 0 Å². The van der Waals surface area contributed by atoms with Crippen LogP contribution in [0.15, 0.2) is 18.2 Å². The molecule has 88 valence electrons. The van der Waals surface area contributed by atoms with Crippen LogP contribution in [0.1, 0.15) is 18.9 Å². The molecule has 1 saturated heterocycles. The van der Waals surface area contributed by atoms with Crippen molar-refractivity contribution in [2.75, 3.05) is 25.1 Å². The minimum Gasteiger partial charge on any atom is -0.491 e. The van der Waals surface area contributed by atoms with E-state index in [9.17, 15) is 0 Å². The molecule has 3 nitrogen and oxygen atoms in total. The average Bonchev–Trinajstić information content (AvgIpc) is 2.22. The van der Waals surface area contributed by atoms with E-state index in [1.165, 1.54) is 5.56 Å². The first-order valence-corrected chi connectivity index (χ1v) is 5.87. The molecule has 1 aliphatic heterocycles. The van der Waals surface area contributed by atoms with Crippen LogP contribution in [0.4, 0.5) is 5.69 Å². The molecule has 1 N–H and O–H groups in total. The molecule has 0 unspecified atom stereocenters. The summed E-state index contributed by atoms with van der Waals surface area (Å²) in [5, 5.41) is 3.43. The second kappa shape index (κ2) is 5.21. The first-order valence-electron chi connectivity index (χ1n) is 5.87.